The van der Waals surface area contributed by atoms with Gasteiger partial charge in [-0.2, -0.15) is 5.10 Å². The van der Waals surface area contributed by atoms with Gasteiger partial charge in [-0.3, -0.25) is 4.68 Å². The number of likely N-dealkylation sites (tertiary alicyclic amines) is 1. The summed E-state index contributed by atoms with van der Waals surface area (Å²) in [4.78, 5) is 7.01. The van der Waals surface area contributed by atoms with Crippen molar-refractivity contribution in [3.63, 3.8) is 0 Å². The van der Waals surface area contributed by atoms with Gasteiger partial charge in [-0.15, -0.1) is 0 Å². The number of methoxy groups -OCH3 is 1. The van der Waals surface area contributed by atoms with E-state index in [1.165, 1.54) is 5.56 Å². The molecule has 0 amide bonds. The molecule has 0 saturated carbocycles. The second-order valence-corrected chi connectivity index (χ2v) is 6.52. The minimum atomic E-state index is 0.157. The largest absolute Gasteiger partial charge is 0.504 e. The summed E-state index contributed by atoms with van der Waals surface area (Å²) in [6, 6.07) is 5.48. The highest BCUT2D eigenvalue weighted by atomic mass is 16.5. The van der Waals surface area contributed by atoms with Gasteiger partial charge in [0.05, 0.1) is 19.9 Å². The Hall–Kier alpha value is -2.70. The molecular weight excluding hydrogens is 330 g/mol. The maximum atomic E-state index is 10.3. The number of aliphatic imine (C=N–C) groups is 1. The van der Waals surface area contributed by atoms with Crippen molar-refractivity contribution in [2.45, 2.75) is 25.8 Å². The van der Waals surface area contributed by atoms with Gasteiger partial charge in [0.25, 0.3) is 0 Å². The second-order valence-electron chi connectivity index (χ2n) is 6.52. The number of aromatic hydroxyl groups is 1. The SMILES string of the molecule is CCNC(=NCc1cccc(OC)c1O)N1CCC(c2cnn(C)c2)C1. The van der Waals surface area contributed by atoms with Gasteiger partial charge in [0.2, 0.25) is 0 Å². The fourth-order valence-electron chi connectivity index (χ4n) is 3.32. The molecule has 1 unspecified atom stereocenters. The average Bonchev–Trinajstić information content (AvgIpc) is 3.28. The number of nitrogens with one attached hydrogen (secondary N) is 1. The summed E-state index contributed by atoms with van der Waals surface area (Å²) in [5.41, 5.74) is 2.03. The molecule has 2 aromatic rings. The minimum absolute atomic E-state index is 0.157. The monoisotopic (exact) mass is 357 g/mol. The van der Waals surface area contributed by atoms with Crippen LogP contribution >= 0.6 is 0 Å². The molecule has 26 heavy (non-hydrogen) atoms. The lowest BCUT2D eigenvalue weighted by atomic mass is 10.0. The molecular formula is C19H27N5O2. The number of rotatable bonds is 5. The van der Waals surface area contributed by atoms with Crippen molar-refractivity contribution in [2.75, 3.05) is 26.7 Å². The predicted octanol–water partition coefficient (Wildman–Crippen LogP) is 2.09. The molecule has 1 atom stereocenters. The van der Waals surface area contributed by atoms with Gasteiger partial charge in [0.1, 0.15) is 0 Å². The average molecular weight is 357 g/mol. The van der Waals surface area contributed by atoms with Crippen molar-refractivity contribution in [3.05, 3.63) is 41.7 Å². The molecule has 1 aromatic heterocycles. The summed E-state index contributed by atoms with van der Waals surface area (Å²) < 4.78 is 7.02. The van der Waals surface area contributed by atoms with E-state index < -0.39 is 0 Å². The summed E-state index contributed by atoms with van der Waals surface area (Å²) >= 11 is 0. The van der Waals surface area contributed by atoms with Gasteiger partial charge in [-0.25, -0.2) is 4.99 Å². The smallest absolute Gasteiger partial charge is 0.194 e. The first-order valence-corrected chi connectivity index (χ1v) is 8.99. The van der Waals surface area contributed by atoms with Crippen LogP contribution in [0.5, 0.6) is 11.5 Å². The van der Waals surface area contributed by atoms with E-state index in [2.05, 4.69) is 28.4 Å². The molecule has 1 fully saturated rings. The van der Waals surface area contributed by atoms with Crippen LogP contribution in [-0.4, -0.2) is 52.5 Å². The molecule has 1 aliphatic rings. The van der Waals surface area contributed by atoms with Crippen molar-refractivity contribution in [3.8, 4) is 11.5 Å². The fourth-order valence-corrected chi connectivity index (χ4v) is 3.32. The molecule has 3 rings (SSSR count). The van der Waals surface area contributed by atoms with E-state index in [1.54, 1.807) is 13.2 Å². The van der Waals surface area contributed by atoms with E-state index in [0.29, 0.717) is 18.2 Å². The summed E-state index contributed by atoms with van der Waals surface area (Å²) in [6.45, 7) is 5.14. The number of nitrogens with zero attached hydrogens (tertiary/aromatic N) is 4. The van der Waals surface area contributed by atoms with Crippen LogP contribution in [0.3, 0.4) is 0 Å². The van der Waals surface area contributed by atoms with Crippen molar-refractivity contribution in [2.24, 2.45) is 12.0 Å². The number of phenolic OH excluding ortho intramolecular Hbond substituents is 1. The maximum Gasteiger partial charge on any atom is 0.194 e. The van der Waals surface area contributed by atoms with E-state index in [4.69, 9.17) is 9.73 Å². The lowest BCUT2D eigenvalue weighted by molar-refractivity contribution is 0.370. The third-order valence-corrected chi connectivity index (χ3v) is 4.72. The van der Waals surface area contributed by atoms with Crippen LogP contribution in [-0.2, 0) is 13.6 Å². The van der Waals surface area contributed by atoms with Crippen LogP contribution in [0.2, 0.25) is 0 Å². The van der Waals surface area contributed by atoms with Gasteiger partial charge in [0.15, 0.2) is 17.5 Å². The van der Waals surface area contributed by atoms with Gasteiger partial charge in [-0.05, 0) is 25.0 Å². The summed E-state index contributed by atoms with van der Waals surface area (Å²) in [5.74, 6) is 1.98. The third-order valence-electron chi connectivity index (χ3n) is 4.72. The number of phenols is 1. The molecule has 2 N–H and O–H groups in total. The summed E-state index contributed by atoms with van der Waals surface area (Å²) in [5, 5.41) is 17.9. The number of guanidine groups is 1. The lowest BCUT2D eigenvalue weighted by Gasteiger charge is -2.21. The predicted molar refractivity (Wildman–Crippen MR) is 102 cm³/mol. The number of para-hydroxylation sites is 1. The second kappa shape index (κ2) is 8.12. The zero-order chi connectivity index (χ0) is 18.5. The quantitative estimate of drug-likeness (QED) is 0.633. The summed E-state index contributed by atoms with van der Waals surface area (Å²) in [6.07, 6.45) is 5.12. The number of ether oxygens (including phenoxy) is 1. The van der Waals surface area contributed by atoms with Crippen molar-refractivity contribution < 1.29 is 9.84 Å². The van der Waals surface area contributed by atoms with E-state index in [-0.39, 0.29) is 5.75 Å². The lowest BCUT2D eigenvalue weighted by Crippen LogP contribution is -2.40. The number of benzene rings is 1. The van der Waals surface area contributed by atoms with E-state index >= 15 is 0 Å². The first-order chi connectivity index (χ1) is 12.6. The van der Waals surface area contributed by atoms with Crippen LogP contribution < -0.4 is 10.1 Å². The normalized spacial score (nSPS) is 17.6. The first kappa shape index (κ1) is 18.1. The number of hydrogen-bond acceptors (Lipinski definition) is 4. The third kappa shape index (κ3) is 3.92. The van der Waals surface area contributed by atoms with E-state index in [9.17, 15) is 5.11 Å². The fraction of sp³-hybridized carbons (Fsp3) is 0.474. The molecule has 1 aliphatic heterocycles. The van der Waals surface area contributed by atoms with Crippen LogP contribution in [0.1, 0.15) is 30.4 Å². The number of hydrogen-bond donors (Lipinski definition) is 2. The zero-order valence-corrected chi connectivity index (χ0v) is 15.6. The van der Waals surface area contributed by atoms with Gasteiger partial charge < -0.3 is 20.1 Å². The van der Waals surface area contributed by atoms with Crippen molar-refractivity contribution in [1.82, 2.24) is 20.0 Å². The summed E-state index contributed by atoms with van der Waals surface area (Å²) in [7, 11) is 3.50. The molecule has 2 heterocycles. The Morgan fingerprint density at radius 3 is 3.00 bits per heavy atom. The number of aryl methyl sites for hydroxylation is 1. The first-order valence-electron chi connectivity index (χ1n) is 8.99. The van der Waals surface area contributed by atoms with Gasteiger partial charge >= 0.3 is 0 Å². The van der Waals surface area contributed by atoms with Crippen LogP contribution in [0.25, 0.3) is 0 Å². The molecule has 0 bridgehead atoms. The molecule has 7 heteroatoms. The minimum Gasteiger partial charge on any atom is -0.504 e. The standard InChI is InChI=1S/C19H27N5O2/c1-4-20-19(21-10-14-6-5-7-17(26-3)18(14)25)24-9-8-15(13-24)16-11-22-23(2)12-16/h5-7,11-12,15,25H,4,8-10,13H2,1-3H3,(H,20,21). The molecule has 0 aliphatic carbocycles. The Bertz CT molecular complexity index is 771. The molecule has 1 saturated heterocycles. The van der Waals surface area contributed by atoms with Crippen LogP contribution in [0.15, 0.2) is 35.6 Å². The topological polar surface area (TPSA) is 74.9 Å². The van der Waals surface area contributed by atoms with Gasteiger partial charge in [-0.1, -0.05) is 12.1 Å². The zero-order valence-electron chi connectivity index (χ0n) is 15.6. The Labute approximate surface area is 154 Å². The highest BCUT2D eigenvalue weighted by Gasteiger charge is 2.27. The molecule has 140 valence electrons. The number of aromatic nitrogens is 2. The van der Waals surface area contributed by atoms with E-state index in [1.807, 2.05) is 30.1 Å². The van der Waals surface area contributed by atoms with Gasteiger partial charge in [0, 0.05) is 44.4 Å². The maximum absolute atomic E-state index is 10.3. The Morgan fingerprint density at radius 1 is 1.46 bits per heavy atom. The van der Waals surface area contributed by atoms with Crippen molar-refractivity contribution >= 4 is 5.96 Å². The Balaban J connectivity index is 1.72. The van der Waals surface area contributed by atoms with Crippen molar-refractivity contribution in [1.29, 1.82) is 0 Å². The molecule has 1 aromatic carbocycles. The highest BCUT2D eigenvalue weighted by molar-refractivity contribution is 5.80. The molecule has 0 radical (unpaired) electrons. The Morgan fingerprint density at radius 2 is 2.31 bits per heavy atom. The van der Waals surface area contributed by atoms with E-state index in [0.717, 1.165) is 37.6 Å². The van der Waals surface area contributed by atoms with Crippen LogP contribution in [0.4, 0.5) is 0 Å². The highest BCUT2D eigenvalue weighted by Crippen LogP contribution is 2.30. The molecule has 0 spiro atoms. The Kier molecular flexibility index (Phi) is 5.65. The van der Waals surface area contributed by atoms with Crippen LogP contribution in [0, 0.1) is 0 Å². The molecule has 7 nitrogen and oxygen atoms in total.